The van der Waals surface area contributed by atoms with Crippen LogP contribution in [-0.4, -0.2) is 19.2 Å². The van der Waals surface area contributed by atoms with Crippen LogP contribution in [0.25, 0.3) is 11.1 Å². The molecule has 1 aliphatic rings. The summed E-state index contributed by atoms with van der Waals surface area (Å²) in [5.41, 5.74) is 4.17. The lowest BCUT2D eigenvalue weighted by atomic mass is 9.99. The third kappa shape index (κ3) is 3.30. The van der Waals surface area contributed by atoms with Gasteiger partial charge in [-0.05, 0) is 41.8 Å². The van der Waals surface area contributed by atoms with Gasteiger partial charge in [-0.1, -0.05) is 36.4 Å². The normalized spacial score (nSPS) is 17.6. The van der Waals surface area contributed by atoms with Crippen molar-refractivity contribution in [1.29, 1.82) is 5.26 Å². The number of nitrogens with one attached hydrogen (secondary N) is 1. The maximum Gasteiger partial charge on any atom is 0.0991 e. The van der Waals surface area contributed by atoms with Gasteiger partial charge >= 0.3 is 0 Å². The third-order valence-electron chi connectivity index (χ3n) is 3.83. The quantitative estimate of drug-likeness (QED) is 0.934. The summed E-state index contributed by atoms with van der Waals surface area (Å²) < 4.78 is 5.98. The first-order valence-electron chi connectivity index (χ1n) is 7.27. The lowest BCUT2D eigenvalue weighted by molar-refractivity contribution is 0.0545. The molecule has 0 aromatic heterocycles. The van der Waals surface area contributed by atoms with Crippen molar-refractivity contribution in [3.63, 3.8) is 0 Å². The molecule has 3 rings (SSSR count). The molecule has 0 saturated carbocycles. The van der Waals surface area contributed by atoms with Crippen LogP contribution >= 0.6 is 0 Å². The number of benzene rings is 2. The Labute approximate surface area is 125 Å². The van der Waals surface area contributed by atoms with E-state index in [1.54, 1.807) is 0 Å². The topological polar surface area (TPSA) is 45.0 Å². The van der Waals surface area contributed by atoms with Gasteiger partial charge in [0, 0.05) is 6.54 Å². The summed E-state index contributed by atoms with van der Waals surface area (Å²) in [5, 5.41) is 12.2. The van der Waals surface area contributed by atoms with E-state index in [4.69, 9.17) is 10.00 Å². The number of nitrogens with zero attached hydrogens (tertiary/aromatic N) is 1. The molecular weight excluding hydrogens is 260 g/mol. The van der Waals surface area contributed by atoms with Gasteiger partial charge in [-0.25, -0.2) is 0 Å². The zero-order valence-electron chi connectivity index (χ0n) is 11.9. The molecule has 0 unspecified atom stereocenters. The summed E-state index contributed by atoms with van der Waals surface area (Å²) in [6.07, 6.45) is 1.40. The highest BCUT2D eigenvalue weighted by Crippen LogP contribution is 2.25. The molecule has 3 heteroatoms. The molecule has 0 bridgehead atoms. The average molecular weight is 278 g/mol. The molecule has 1 heterocycles. The summed E-state index contributed by atoms with van der Waals surface area (Å²) in [6, 6.07) is 18.1. The number of hydrogen-bond donors (Lipinski definition) is 1. The molecule has 3 nitrogen and oxygen atoms in total. The van der Waals surface area contributed by atoms with Crippen molar-refractivity contribution in [2.45, 2.75) is 19.1 Å². The Morgan fingerprint density at radius 3 is 2.67 bits per heavy atom. The Balaban J connectivity index is 1.79. The minimum absolute atomic E-state index is 0.319. The van der Waals surface area contributed by atoms with Crippen LogP contribution < -0.4 is 5.32 Å². The Kier molecular flexibility index (Phi) is 4.30. The molecule has 0 spiro atoms. The summed E-state index contributed by atoms with van der Waals surface area (Å²) in [7, 11) is 0. The van der Waals surface area contributed by atoms with Crippen molar-refractivity contribution in [3.8, 4) is 17.2 Å². The Hall–Kier alpha value is -2.15. The van der Waals surface area contributed by atoms with Crippen LogP contribution in [0, 0.1) is 11.3 Å². The van der Waals surface area contributed by atoms with Crippen molar-refractivity contribution in [2.24, 2.45) is 0 Å². The fourth-order valence-electron chi connectivity index (χ4n) is 2.63. The first kappa shape index (κ1) is 13.8. The highest BCUT2D eigenvalue weighted by atomic mass is 16.5. The molecule has 0 amide bonds. The molecule has 2 aromatic carbocycles. The predicted octanol–water partition coefficient (Wildman–Crippen LogP) is 3.10. The fraction of sp³-hybridized carbons (Fsp3) is 0.278. The summed E-state index contributed by atoms with van der Waals surface area (Å²) in [6.45, 7) is 2.61. The zero-order valence-corrected chi connectivity index (χ0v) is 11.9. The highest BCUT2D eigenvalue weighted by Gasteiger charge is 2.15. The standard InChI is InChI=1S/C18H18N2O/c19-11-14-5-7-15(8-6-14)18-4-2-1-3-16(18)13-21-17-9-10-20-12-17/h1-8,17,20H,9-10,12-13H2/t17-/m0/s1. The van der Waals surface area contributed by atoms with Crippen LogP contribution in [0.15, 0.2) is 48.5 Å². The minimum atomic E-state index is 0.319. The first-order chi connectivity index (χ1) is 10.4. The second kappa shape index (κ2) is 6.53. The van der Waals surface area contributed by atoms with E-state index in [2.05, 4.69) is 23.5 Å². The van der Waals surface area contributed by atoms with E-state index in [1.807, 2.05) is 36.4 Å². The van der Waals surface area contributed by atoms with E-state index in [1.165, 1.54) is 11.1 Å². The van der Waals surface area contributed by atoms with Crippen molar-refractivity contribution >= 4 is 0 Å². The van der Waals surface area contributed by atoms with E-state index < -0.39 is 0 Å². The maximum absolute atomic E-state index is 8.88. The van der Waals surface area contributed by atoms with Gasteiger partial charge in [0.05, 0.1) is 24.3 Å². The molecule has 1 fully saturated rings. The van der Waals surface area contributed by atoms with Gasteiger partial charge in [0.15, 0.2) is 0 Å². The molecule has 106 valence electrons. The second-order valence-corrected chi connectivity index (χ2v) is 5.27. The van der Waals surface area contributed by atoms with Gasteiger partial charge in [-0.2, -0.15) is 5.26 Å². The van der Waals surface area contributed by atoms with E-state index in [-0.39, 0.29) is 0 Å². The summed E-state index contributed by atoms with van der Waals surface area (Å²) in [4.78, 5) is 0. The smallest absolute Gasteiger partial charge is 0.0991 e. The first-order valence-corrected chi connectivity index (χ1v) is 7.27. The molecule has 2 aromatic rings. The number of nitriles is 1. The van der Waals surface area contributed by atoms with E-state index in [0.717, 1.165) is 25.1 Å². The van der Waals surface area contributed by atoms with Crippen molar-refractivity contribution < 1.29 is 4.74 Å². The van der Waals surface area contributed by atoms with E-state index >= 15 is 0 Å². The predicted molar refractivity (Wildman–Crippen MR) is 82.7 cm³/mol. The average Bonchev–Trinajstić information content (AvgIpc) is 3.07. The Bertz CT molecular complexity index is 637. The lowest BCUT2D eigenvalue weighted by Crippen LogP contribution is -2.16. The van der Waals surface area contributed by atoms with E-state index in [9.17, 15) is 0 Å². The third-order valence-corrected chi connectivity index (χ3v) is 3.83. The highest BCUT2D eigenvalue weighted by molar-refractivity contribution is 5.67. The largest absolute Gasteiger partial charge is 0.372 e. The van der Waals surface area contributed by atoms with Crippen LogP contribution in [0.2, 0.25) is 0 Å². The van der Waals surface area contributed by atoms with Crippen molar-refractivity contribution in [3.05, 3.63) is 59.7 Å². The molecule has 0 aliphatic carbocycles. The molecule has 1 atom stereocenters. The molecule has 1 aliphatic heterocycles. The number of hydrogen-bond acceptors (Lipinski definition) is 3. The van der Waals surface area contributed by atoms with Crippen LogP contribution in [0.5, 0.6) is 0 Å². The second-order valence-electron chi connectivity index (χ2n) is 5.27. The van der Waals surface area contributed by atoms with Crippen molar-refractivity contribution in [1.82, 2.24) is 5.32 Å². The van der Waals surface area contributed by atoms with Crippen LogP contribution in [-0.2, 0) is 11.3 Å². The van der Waals surface area contributed by atoms with Crippen LogP contribution in [0.4, 0.5) is 0 Å². The minimum Gasteiger partial charge on any atom is -0.372 e. The van der Waals surface area contributed by atoms with Gasteiger partial charge in [0.1, 0.15) is 0 Å². The lowest BCUT2D eigenvalue weighted by Gasteiger charge is -2.14. The van der Waals surface area contributed by atoms with Gasteiger partial charge in [0.25, 0.3) is 0 Å². The monoisotopic (exact) mass is 278 g/mol. The Morgan fingerprint density at radius 2 is 1.95 bits per heavy atom. The fourth-order valence-corrected chi connectivity index (χ4v) is 2.63. The molecule has 1 N–H and O–H groups in total. The van der Waals surface area contributed by atoms with Gasteiger partial charge < -0.3 is 10.1 Å². The van der Waals surface area contributed by atoms with Gasteiger partial charge in [0.2, 0.25) is 0 Å². The van der Waals surface area contributed by atoms with Crippen LogP contribution in [0.3, 0.4) is 0 Å². The molecule has 1 saturated heterocycles. The molecular formula is C18H18N2O. The maximum atomic E-state index is 8.88. The summed E-state index contributed by atoms with van der Waals surface area (Å²) >= 11 is 0. The van der Waals surface area contributed by atoms with E-state index in [0.29, 0.717) is 18.3 Å². The van der Waals surface area contributed by atoms with Gasteiger partial charge in [-0.3, -0.25) is 0 Å². The Morgan fingerprint density at radius 1 is 1.14 bits per heavy atom. The zero-order chi connectivity index (χ0) is 14.5. The van der Waals surface area contributed by atoms with Crippen LogP contribution in [0.1, 0.15) is 17.5 Å². The summed E-state index contributed by atoms with van der Waals surface area (Å²) in [5.74, 6) is 0. The molecule has 21 heavy (non-hydrogen) atoms. The van der Waals surface area contributed by atoms with Crippen molar-refractivity contribution in [2.75, 3.05) is 13.1 Å². The molecule has 0 radical (unpaired) electrons. The SMILES string of the molecule is N#Cc1ccc(-c2ccccc2CO[C@H]2CCNC2)cc1. The number of rotatable bonds is 4. The van der Waals surface area contributed by atoms with Gasteiger partial charge in [-0.15, -0.1) is 0 Å². The number of ether oxygens (including phenoxy) is 1.